The Balaban J connectivity index is 1.54. The molecule has 0 fully saturated rings. The molecule has 0 amide bonds. The third kappa shape index (κ3) is 11.1. The molecular formula is C30H38BrN3O4. The highest BCUT2D eigenvalue weighted by Gasteiger charge is 2.39. The number of carbonyl (C=O) groups excluding carboxylic acids is 2. The fraction of sp³-hybridized carbons (Fsp3) is 0.500. The molecule has 0 N–H and O–H groups in total. The van der Waals surface area contributed by atoms with Crippen molar-refractivity contribution in [3.8, 4) is 11.8 Å². The van der Waals surface area contributed by atoms with E-state index >= 15 is 0 Å². The normalized spacial score (nSPS) is 13.1. The first kappa shape index (κ1) is 31.2. The summed E-state index contributed by atoms with van der Waals surface area (Å²) in [4.78, 5) is 24.2. The van der Waals surface area contributed by atoms with Crippen molar-refractivity contribution in [1.82, 2.24) is 0 Å². The van der Waals surface area contributed by atoms with Crippen LogP contribution in [0.4, 0.5) is 11.4 Å². The van der Waals surface area contributed by atoms with Gasteiger partial charge in [-0.05, 0) is 81.6 Å². The minimum atomic E-state index is -0.862. The number of unbranched alkanes of at least 4 members (excludes halogenated alkanes) is 5. The van der Waals surface area contributed by atoms with Crippen LogP contribution in [0.25, 0.3) is 0 Å². The van der Waals surface area contributed by atoms with Gasteiger partial charge in [-0.15, -0.1) is 0 Å². The lowest BCUT2D eigenvalue weighted by molar-refractivity contribution is -0.147. The zero-order valence-corrected chi connectivity index (χ0v) is 24.4. The molecule has 0 spiro atoms. The van der Waals surface area contributed by atoms with Crippen LogP contribution < -0.4 is 4.74 Å². The molecule has 8 heteroatoms. The molecule has 7 nitrogen and oxygen atoms in total. The number of hydrogen-bond acceptors (Lipinski definition) is 7. The van der Waals surface area contributed by atoms with Gasteiger partial charge in [-0.2, -0.15) is 15.5 Å². The Morgan fingerprint density at radius 2 is 1.34 bits per heavy atom. The van der Waals surface area contributed by atoms with E-state index in [4.69, 9.17) is 14.7 Å². The van der Waals surface area contributed by atoms with E-state index in [9.17, 15) is 9.59 Å². The minimum Gasteiger partial charge on any atom is -0.494 e. The number of azo groups is 1. The Morgan fingerprint density at radius 1 is 0.842 bits per heavy atom. The predicted octanol–water partition coefficient (Wildman–Crippen LogP) is 8.40. The monoisotopic (exact) mass is 583 g/mol. The van der Waals surface area contributed by atoms with Crippen LogP contribution in [-0.4, -0.2) is 29.3 Å². The highest BCUT2D eigenvalue weighted by molar-refractivity contribution is 9.10. The van der Waals surface area contributed by atoms with Crippen molar-refractivity contribution in [2.24, 2.45) is 15.6 Å². The van der Waals surface area contributed by atoms with Gasteiger partial charge in [-0.3, -0.25) is 9.59 Å². The minimum absolute atomic E-state index is 0.0545. The number of ether oxygens (including phenoxy) is 2. The Morgan fingerprint density at radius 3 is 1.87 bits per heavy atom. The average molecular weight is 585 g/mol. The highest BCUT2D eigenvalue weighted by atomic mass is 79.9. The van der Waals surface area contributed by atoms with Crippen LogP contribution >= 0.6 is 15.9 Å². The molecule has 0 heterocycles. The van der Waals surface area contributed by atoms with E-state index in [1.54, 1.807) is 38.1 Å². The van der Waals surface area contributed by atoms with Gasteiger partial charge in [0.05, 0.1) is 36.2 Å². The number of alkyl halides is 1. The van der Waals surface area contributed by atoms with E-state index in [2.05, 4.69) is 32.2 Å². The van der Waals surface area contributed by atoms with Gasteiger partial charge in [0.1, 0.15) is 15.9 Å². The van der Waals surface area contributed by atoms with Crippen molar-refractivity contribution in [2.75, 3.05) is 13.2 Å². The Hall–Kier alpha value is -3.05. The second-order valence-electron chi connectivity index (χ2n) is 10.3. The molecule has 0 bridgehead atoms. The summed E-state index contributed by atoms with van der Waals surface area (Å²) in [5.74, 6) is 0.542. The maximum absolute atomic E-state index is 12.4. The summed E-state index contributed by atoms with van der Waals surface area (Å²) in [6.07, 6.45) is 6.47. The molecule has 2 rings (SSSR count). The van der Waals surface area contributed by atoms with Gasteiger partial charge in [-0.25, -0.2) is 0 Å². The Labute approximate surface area is 234 Å². The van der Waals surface area contributed by atoms with E-state index in [1.165, 1.54) is 0 Å². The summed E-state index contributed by atoms with van der Waals surface area (Å²) < 4.78 is 10.4. The fourth-order valence-electron chi connectivity index (χ4n) is 3.77. The number of ketones is 1. The number of benzene rings is 2. The van der Waals surface area contributed by atoms with Crippen LogP contribution in [0, 0.1) is 16.7 Å². The first-order valence-corrected chi connectivity index (χ1v) is 13.8. The summed E-state index contributed by atoms with van der Waals surface area (Å²) in [5.41, 5.74) is 1.43. The van der Waals surface area contributed by atoms with Crippen molar-refractivity contribution < 1.29 is 19.1 Å². The van der Waals surface area contributed by atoms with Gasteiger partial charge in [-0.1, -0.05) is 55.5 Å². The summed E-state index contributed by atoms with van der Waals surface area (Å²) in [5, 5.41) is 17.2. The number of hydrogen-bond donors (Lipinski definition) is 0. The fourth-order valence-corrected chi connectivity index (χ4v) is 4.59. The summed E-state index contributed by atoms with van der Waals surface area (Å²) in [7, 11) is 0. The first-order valence-electron chi connectivity index (χ1n) is 13.1. The lowest BCUT2D eigenvalue weighted by Gasteiger charge is -2.30. The van der Waals surface area contributed by atoms with E-state index in [-0.39, 0.29) is 11.8 Å². The van der Waals surface area contributed by atoms with Crippen LogP contribution in [0.3, 0.4) is 0 Å². The Bertz CT molecular complexity index is 1100. The number of halogens is 1. The smallest absolute Gasteiger partial charge is 0.322 e. The molecule has 1 unspecified atom stereocenters. The van der Waals surface area contributed by atoms with Crippen molar-refractivity contribution >= 4 is 39.1 Å². The molecule has 0 saturated carbocycles. The van der Waals surface area contributed by atoms with Crippen molar-refractivity contribution in [1.29, 1.82) is 5.26 Å². The zero-order chi connectivity index (χ0) is 28.0. The molecule has 0 aliphatic rings. The zero-order valence-electron chi connectivity index (χ0n) is 22.8. The molecule has 0 saturated heterocycles. The number of rotatable bonds is 16. The van der Waals surface area contributed by atoms with Crippen LogP contribution in [0.15, 0.2) is 58.8 Å². The molecular weight excluding hydrogens is 546 g/mol. The predicted molar refractivity (Wildman–Crippen MR) is 152 cm³/mol. The second-order valence-corrected chi connectivity index (χ2v) is 12.0. The molecule has 204 valence electrons. The number of nitrogens with zero attached hydrogens (tertiary/aromatic N) is 3. The van der Waals surface area contributed by atoms with Crippen molar-refractivity contribution in [3.63, 3.8) is 0 Å². The number of esters is 1. The second kappa shape index (κ2) is 15.4. The van der Waals surface area contributed by atoms with Crippen molar-refractivity contribution in [3.05, 3.63) is 54.1 Å². The standard InChI is InChI=1S/C30H38BrN3O4/c1-23(35)29(2,3)22-30(4,31)28(36)38-20-10-8-6-5-7-9-19-37-27-17-15-26(16-18-27)34-33-25-13-11-24(21-32)12-14-25/h11-18H,5-10,19-20,22H2,1-4H3. The quantitative estimate of drug-likeness (QED) is 0.0854. The molecule has 1 atom stereocenters. The van der Waals surface area contributed by atoms with Gasteiger partial charge >= 0.3 is 5.97 Å². The molecule has 0 radical (unpaired) electrons. The third-order valence-electron chi connectivity index (χ3n) is 6.31. The van der Waals surface area contributed by atoms with Crippen LogP contribution in [0.5, 0.6) is 5.75 Å². The lowest BCUT2D eigenvalue weighted by atomic mass is 9.80. The van der Waals surface area contributed by atoms with Crippen LogP contribution in [-0.2, 0) is 14.3 Å². The Kier molecular flexibility index (Phi) is 12.6. The van der Waals surface area contributed by atoms with E-state index < -0.39 is 9.74 Å². The van der Waals surface area contributed by atoms with Gasteiger partial charge in [0.15, 0.2) is 0 Å². The molecule has 0 aliphatic heterocycles. The summed E-state index contributed by atoms with van der Waals surface area (Å²) >= 11 is 3.45. The van der Waals surface area contributed by atoms with E-state index in [1.807, 2.05) is 38.1 Å². The maximum atomic E-state index is 12.4. The largest absolute Gasteiger partial charge is 0.494 e. The van der Waals surface area contributed by atoms with Crippen LogP contribution in [0.2, 0.25) is 0 Å². The van der Waals surface area contributed by atoms with Gasteiger partial charge in [0.25, 0.3) is 0 Å². The van der Waals surface area contributed by atoms with Gasteiger partial charge in [0, 0.05) is 5.41 Å². The number of Topliss-reactive ketones (excluding diaryl/α,β-unsaturated/α-hetero) is 1. The summed E-state index contributed by atoms with van der Waals surface area (Å²) in [6, 6.07) is 16.5. The molecule has 2 aromatic carbocycles. The van der Waals surface area contributed by atoms with Gasteiger partial charge < -0.3 is 9.47 Å². The molecule has 0 aliphatic carbocycles. The molecule has 38 heavy (non-hydrogen) atoms. The van der Waals surface area contributed by atoms with E-state index in [0.717, 1.165) is 50.0 Å². The number of carbonyl (C=O) groups is 2. The van der Waals surface area contributed by atoms with Crippen molar-refractivity contribution in [2.45, 2.75) is 77.0 Å². The third-order valence-corrected chi connectivity index (χ3v) is 6.91. The highest BCUT2D eigenvalue weighted by Crippen LogP contribution is 2.35. The van der Waals surface area contributed by atoms with Crippen LogP contribution in [0.1, 0.15) is 78.2 Å². The van der Waals surface area contributed by atoms with E-state index in [0.29, 0.717) is 30.9 Å². The SMILES string of the molecule is CC(=O)C(C)(C)CC(C)(Br)C(=O)OCCCCCCCCOc1ccc(N=Nc2ccc(C#N)cc2)cc1. The lowest BCUT2D eigenvalue weighted by Crippen LogP contribution is -2.38. The summed E-state index contributed by atoms with van der Waals surface area (Å²) in [6.45, 7) is 8.06. The van der Waals surface area contributed by atoms with Gasteiger partial charge in [0.2, 0.25) is 0 Å². The molecule has 0 aromatic heterocycles. The first-order chi connectivity index (χ1) is 18.0. The number of nitriles is 1. The maximum Gasteiger partial charge on any atom is 0.322 e. The average Bonchev–Trinajstić information content (AvgIpc) is 2.88. The molecule has 2 aromatic rings. The topological polar surface area (TPSA) is 101 Å².